The van der Waals surface area contributed by atoms with Crippen molar-refractivity contribution in [2.45, 2.75) is 58.2 Å². The van der Waals surface area contributed by atoms with Gasteiger partial charge in [0.1, 0.15) is 5.82 Å². The minimum Gasteiger partial charge on any atom is -0.352 e. The van der Waals surface area contributed by atoms with E-state index in [-0.39, 0.29) is 6.03 Å². The molecular weight excluding hydrogens is 348 g/mol. The van der Waals surface area contributed by atoms with Gasteiger partial charge in [-0.2, -0.15) is 0 Å². The first-order chi connectivity index (χ1) is 13.7. The lowest BCUT2D eigenvalue weighted by atomic mass is 10.00. The molecule has 1 aromatic heterocycles. The number of hydrogen-bond donors (Lipinski definition) is 1. The first-order valence-corrected chi connectivity index (χ1v) is 10.6. The number of hydrogen-bond acceptors (Lipinski definition) is 3. The SMILES string of the molecule is CCC1CCCCN1C(=O)NCc1ccc(N2CCc3ccccc3C2)nc1. The second kappa shape index (κ2) is 8.63. The molecule has 4 rings (SSSR count). The Labute approximate surface area is 167 Å². The van der Waals surface area contributed by atoms with Gasteiger partial charge in [0.2, 0.25) is 0 Å². The number of carbonyl (C=O) groups is 1. The number of piperidine rings is 1. The maximum Gasteiger partial charge on any atom is 0.317 e. The van der Waals surface area contributed by atoms with Crippen LogP contribution in [0.3, 0.4) is 0 Å². The maximum atomic E-state index is 12.6. The number of anilines is 1. The molecule has 3 heterocycles. The van der Waals surface area contributed by atoms with Crippen LogP contribution in [0.5, 0.6) is 0 Å². The molecular formula is C23H30N4O. The average Bonchev–Trinajstić information content (AvgIpc) is 2.77. The van der Waals surface area contributed by atoms with Gasteiger partial charge in [-0.05, 0) is 54.9 Å². The lowest BCUT2D eigenvalue weighted by Crippen LogP contribution is -2.48. The van der Waals surface area contributed by atoms with Crippen LogP contribution < -0.4 is 10.2 Å². The Morgan fingerprint density at radius 3 is 2.79 bits per heavy atom. The van der Waals surface area contributed by atoms with Gasteiger partial charge in [0.05, 0.1) is 0 Å². The van der Waals surface area contributed by atoms with Gasteiger partial charge in [-0.15, -0.1) is 0 Å². The van der Waals surface area contributed by atoms with E-state index in [1.165, 1.54) is 17.5 Å². The number of benzene rings is 1. The van der Waals surface area contributed by atoms with Crippen LogP contribution in [0.2, 0.25) is 0 Å². The molecule has 1 atom stereocenters. The van der Waals surface area contributed by atoms with Crippen LogP contribution in [-0.4, -0.2) is 35.0 Å². The molecule has 5 heteroatoms. The smallest absolute Gasteiger partial charge is 0.317 e. The minimum atomic E-state index is 0.0586. The Kier molecular flexibility index (Phi) is 5.79. The van der Waals surface area contributed by atoms with Crippen molar-refractivity contribution in [2.75, 3.05) is 18.0 Å². The second-order valence-electron chi connectivity index (χ2n) is 7.87. The summed E-state index contributed by atoms with van der Waals surface area (Å²) in [5, 5.41) is 3.08. The van der Waals surface area contributed by atoms with E-state index in [4.69, 9.17) is 0 Å². The molecule has 0 bridgehead atoms. The van der Waals surface area contributed by atoms with Crippen LogP contribution in [0.25, 0.3) is 0 Å². The van der Waals surface area contributed by atoms with E-state index < -0.39 is 0 Å². The standard InChI is InChI=1S/C23H30N4O/c1-2-21-9-5-6-13-27(21)23(28)25-16-18-10-11-22(24-15-18)26-14-12-19-7-3-4-8-20(19)17-26/h3-4,7-8,10-11,15,21H,2,5-6,9,12-14,16-17H2,1H3,(H,25,28). The summed E-state index contributed by atoms with van der Waals surface area (Å²) in [6.07, 6.45) is 7.45. The Morgan fingerprint density at radius 1 is 1.14 bits per heavy atom. The molecule has 1 saturated heterocycles. The van der Waals surface area contributed by atoms with Gasteiger partial charge in [-0.1, -0.05) is 37.3 Å². The number of fused-ring (bicyclic) bond motifs is 1. The van der Waals surface area contributed by atoms with E-state index >= 15 is 0 Å². The van der Waals surface area contributed by atoms with Crippen molar-refractivity contribution < 1.29 is 4.79 Å². The molecule has 0 aliphatic carbocycles. The number of aromatic nitrogens is 1. The van der Waals surface area contributed by atoms with Crippen molar-refractivity contribution in [1.29, 1.82) is 0 Å². The van der Waals surface area contributed by atoms with Crippen molar-refractivity contribution in [1.82, 2.24) is 15.2 Å². The molecule has 0 radical (unpaired) electrons. The number of nitrogens with zero attached hydrogens (tertiary/aromatic N) is 3. The molecule has 2 aromatic rings. The Bertz CT molecular complexity index is 805. The Balaban J connectivity index is 1.33. The fourth-order valence-electron chi connectivity index (χ4n) is 4.37. The van der Waals surface area contributed by atoms with Crippen LogP contribution in [0.4, 0.5) is 10.6 Å². The molecule has 1 fully saturated rings. The molecule has 2 aliphatic rings. The molecule has 2 aliphatic heterocycles. The summed E-state index contributed by atoms with van der Waals surface area (Å²) in [6, 6.07) is 13.2. The van der Waals surface area contributed by atoms with E-state index in [1.807, 2.05) is 11.1 Å². The highest BCUT2D eigenvalue weighted by Gasteiger charge is 2.25. The third-order valence-corrected chi connectivity index (χ3v) is 6.07. The predicted octanol–water partition coefficient (Wildman–Crippen LogP) is 4.12. The van der Waals surface area contributed by atoms with E-state index in [0.29, 0.717) is 12.6 Å². The van der Waals surface area contributed by atoms with Crippen molar-refractivity contribution >= 4 is 11.8 Å². The maximum absolute atomic E-state index is 12.6. The lowest BCUT2D eigenvalue weighted by molar-refractivity contribution is 0.148. The first kappa shape index (κ1) is 18.8. The predicted molar refractivity (Wildman–Crippen MR) is 112 cm³/mol. The fraction of sp³-hybridized carbons (Fsp3) is 0.478. The van der Waals surface area contributed by atoms with Crippen LogP contribution in [0, 0.1) is 0 Å². The average molecular weight is 379 g/mol. The van der Waals surface area contributed by atoms with E-state index in [9.17, 15) is 4.79 Å². The third kappa shape index (κ3) is 4.13. The zero-order valence-electron chi connectivity index (χ0n) is 16.7. The normalized spacial score (nSPS) is 19.2. The van der Waals surface area contributed by atoms with Gasteiger partial charge < -0.3 is 15.1 Å². The van der Waals surface area contributed by atoms with Crippen molar-refractivity contribution in [2.24, 2.45) is 0 Å². The summed E-state index contributed by atoms with van der Waals surface area (Å²) in [4.78, 5) is 21.6. The van der Waals surface area contributed by atoms with Crippen LogP contribution >= 0.6 is 0 Å². The quantitative estimate of drug-likeness (QED) is 0.871. The summed E-state index contributed by atoms with van der Waals surface area (Å²) in [5.74, 6) is 1.01. The number of urea groups is 1. The summed E-state index contributed by atoms with van der Waals surface area (Å²) in [7, 11) is 0. The number of pyridine rings is 1. The number of carbonyl (C=O) groups excluding carboxylic acids is 1. The molecule has 5 nitrogen and oxygen atoms in total. The van der Waals surface area contributed by atoms with Crippen molar-refractivity contribution in [3.63, 3.8) is 0 Å². The van der Waals surface area contributed by atoms with Crippen LogP contribution in [0.1, 0.15) is 49.3 Å². The first-order valence-electron chi connectivity index (χ1n) is 10.6. The highest BCUT2D eigenvalue weighted by Crippen LogP contribution is 2.23. The second-order valence-corrected chi connectivity index (χ2v) is 7.87. The van der Waals surface area contributed by atoms with Crippen LogP contribution in [-0.2, 0) is 19.5 Å². The highest BCUT2D eigenvalue weighted by molar-refractivity contribution is 5.74. The fourth-order valence-corrected chi connectivity index (χ4v) is 4.37. The molecule has 28 heavy (non-hydrogen) atoms. The summed E-state index contributed by atoms with van der Waals surface area (Å²) >= 11 is 0. The van der Waals surface area contributed by atoms with Gasteiger partial charge in [0.25, 0.3) is 0 Å². The summed E-state index contributed by atoms with van der Waals surface area (Å²) in [5.41, 5.74) is 3.87. The van der Waals surface area contributed by atoms with Gasteiger partial charge in [0, 0.05) is 38.4 Å². The Hall–Kier alpha value is -2.56. The van der Waals surface area contributed by atoms with Crippen LogP contribution in [0.15, 0.2) is 42.6 Å². The van der Waals surface area contributed by atoms with E-state index in [2.05, 4.69) is 58.5 Å². The zero-order valence-corrected chi connectivity index (χ0v) is 16.7. The molecule has 1 N–H and O–H groups in total. The summed E-state index contributed by atoms with van der Waals surface area (Å²) < 4.78 is 0. The zero-order chi connectivity index (χ0) is 19.3. The number of nitrogens with one attached hydrogen (secondary N) is 1. The highest BCUT2D eigenvalue weighted by atomic mass is 16.2. The number of rotatable bonds is 4. The molecule has 0 saturated carbocycles. The largest absolute Gasteiger partial charge is 0.352 e. The summed E-state index contributed by atoms with van der Waals surface area (Å²) in [6.45, 7) is 5.47. The van der Waals surface area contributed by atoms with Crippen molar-refractivity contribution in [3.8, 4) is 0 Å². The van der Waals surface area contributed by atoms with Gasteiger partial charge >= 0.3 is 6.03 Å². The van der Waals surface area contributed by atoms with E-state index in [1.54, 1.807) is 0 Å². The molecule has 0 spiro atoms. The van der Waals surface area contributed by atoms with Gasteiger partial charge in [-0.25, -0.2) is 9.78 Å². The van der Waals surface area contributed by atoms with E-state index in [0.717, 1.165) is 56.7 Å². The molecule has 1 aromatic carbocycles. The van der Waals surface area contributed by atoms with Gasteiger partial charge in [0.15, 0.2) is 0 Å². The third-order valence-electron chi connectivity index (χ3n) is 6.07. The topological polar surface area (TPSA) is 48.5 Å². The minimum absolute atomic E-state index is 0.0586. The molecule has 1 unspecified atom stereocenters. The Morgan fingerprint density at radius 2 is 2.00 bits per heavy atom. The number of likely N-dealkylation sites (tertiary alicyclic amines) is 1. The number of amides is 2. The monoisotopic (exact) mass is 378 g/mol. The molecule has 2 amide bonds. The lowest BCUT2D eigenvalue weighted by Gasteiger charge is -2.35. The van der Waals surface area contributed by atoms with Crippen molar-refractivity contribution in [3.05, 3.63) is 59.3 Å². The molecule has 148 valence electrons. The van der Waals surface area contributed by atoms with Gasteiger partial charge in [-0.3, -0.25) is 0 Å².